The topological polar surface area (TPSA) is 98.8 Å². The fraction of sp³-hybridized carbons (Fsp3) is 0.226. The molecular formula is C31H28N4O4. The molecule has 2 aliphatic heterocycles. The summed E-state index contributed by atoms with van der Waals surface area (Å²) in [4.78, 5) is 54.5. The van der Waals surface area contributed by atoms with Crippen molar-refractivity contribution in [2.45, 2.75) is 6.42 Å². The van der Waals surface area contributed by atoms with Gasteiger partial charge in [0.25, 0.3) is 23.6 Å². The van der Waals surface area contributed by atoms with Gasteiger partial charge in [0.2, 0.25) is 0 Å². The summed E-state index contributed by atoms with van der Waals surface area (Å²) in [5.41, 5.74) is 2.27. The molecule has 2 N–H and O–H groups in total. The number of amides is 4. The minimum absolute atomic E-state index is 0.256. The summed E-state index contributed by atoms with van der Waals surface area (Å²) in [5, 5.41) is 9.85. The van der Waals surface area contributed by atoms with Crippen molar-refractivity contribution in [3.8, 4) is 0 Å². The number of rotatable bonds is 10. The molecule has 8 heteroatoms. The summed E-state index contributed by atoms with van der Waals surface area (Å²) < 4.78 is 0. The molecule has 39 heavy (non-hydrogen) atoms. The third-order valence-electron chi connectivity index (χ3n) is 7.44. The minimum atomic E-state index is -0.256. The molecule has 0 saturated heterocycles. The molecule has 0 unspecified atom stereocenters. The molecule has 8 nitrogen and oxygen atoms in total. The van der Waals surface area contributed by atoms with Crippen molar-refractivity contribution >= 4 is 45.2 Å². The summed E-state index contributed by atoms with van der Waals surface area (Å²) in [6, 6.07) is 22.1. The smallest absolute Gasteiger partial charge is 0.261 e. The number of imide groups is 2. The molecule has 0 bridgehead atoms. The molecule has 0 aliphatic carbocycles. The van der Waals surface area contributed by atoms with Gasteiger partial charge in [-0.05, 0) is 54.5 Å². The van der Waals surface area contributed by atoms with E-state index in [2.05, 4.69) is 10.6 Å². The van der Waals surface area contributed by atoms with E-state index in [4.69, 9.17) is 0 Å². The minimum Gasteiger partial charge on any atom is -0.315 e. The Hall–Kier alpha value is -4.40. The van der Waals surface area contributed by atoms with E-state index in [1.54, 1.807) is 24.3 Å². The normalized spacial score (nSPS) is 14.7. The molecule has 0 radical (unpaired) electrons. The highest BCUT2D eigenvalue weighted by molar-refractivity contribution is 6.26. The van der Waals surface area contributed by atoms with Gasteiger partial charge in [-0.1, -0.05) is 48.5 Å². The first-order valence-corrected chi connectivity index (χ1v) is 13.2. The largest absolute Gasteiger partial charge is 0.315 e. The van der Waals surface area contributed by atoms with Crippen LogP contribution in [-0.4, -0.2) is 72.7 Å². The Bertz CT molecular complexity index is 1420. The molecule has 196 valence electrons. The molecule has 0 atom stereocenters. The van der Waals surface area contributed by atoms with Gasteiger partial charge >= 0.3 is 0 Å². The molecule has 0 fully saturated rings. The molecule has 4 aromatic carbocycles. The van der Waals surface area contributed by atoms with Crippen molar-refractivity contribution in [1.82, 2.24) is 20.4 Å². The lowest BCUT2D eigenvalue weighted by Crippen LogP contribution is -2.44. The van der Waals surface area contributed by atoms with Crippen LogP contribution in [0.3, 0.4) is 0 Å². The van der Waals surface area contributed by atoms with Crippen molar-refractivity contribution in [2.75, 3.05) is 39.3 Å². The van der Waals surface area contributed by atoms with Crippen LogP contribution in [0.15, 0.2) is 72.8 Å². The van der Waals surface area contributed by atoms with Crippen LogP contribution in [0.1, 0.15) is 47.9 Å². The maximum absolute atomic E-state index is 13.0. The first-order valence-electron chi connectivity index (χ1n) is 13.2. The van der Waals surface area contributed by atoms with Crippen molar-refractivity contribution in [3.05, 3.63) is 95.1 Å². The van der Waals surface area contributed by atoms with E-state index in [0.717, 1.165) is 28.0 Å². The Kier molecular flexibility index (Phi) is 6.64. The number of nitrogens with one attached hydrogen (secondary N) is 2. The lowest BCUT2D eigenvalue weighted by molar-refractivity contribution is 0.0597. The number of carbonyl (C=O) groups is 4. The maximum atomic E-state index is 13.0. The standard InChI is InChI=1S/C31H28N4O4/c36-28-22-10-1-6-20-7-2-11-23(26(20)22)29(37)34(28)18-16-32-14-5-15-33-17-19-35-30(38)24-12-3-8-21-9-4-13-25(27(21)24)31(35)39/h1-4,6-13,32-33H,5,14-19H2. The Morgan fingerprint density at radius 1 is 0.462 bits per heavy atom. The van der Waals surface area contributed by atoms with Crippen LogP contribution in [0.25, 0.3) is 21.5 Å². The lowest BCUT2D eigenvalue weighted by atomic mass is 9.94. The summed E-state index contributed by atoms with van der Waals surface area (Å²) in [6.07, 6.45) is 0.814. The van der Waals surface area contributed by atoms with Gasteiger partial charge in [-0.2, -0.15) is 0 Å². The van der Waals surface area contributed by atoms with Crippen molar-refractivity contribution in [1.29, 1.82) is 0 Å². The first-order chi connectivity index (χ1) is 19.1. The van der Waals surface area contributed by atoms with Crippen LogP contribution in [-0.2, 0) is 0 Å². The lowest BCUT2D eigenvalue weighted by Gasteiger charge is -2.27. The van der Waals surface area contributed by atoms with E-state index in [9.17, 15) is 19.2 Å². The Morgan fingerprint density at radius 3 is 1.13 bits per heavy atom. The number of hydrogen-bond donors (Lipinski definition) is 2. The summed E-state index contributed by atoms with van der Waals surface area (Å²) >= 11 is 0. The van der Waals surface area contributed by atoms with E-state index in [0.29, 0.717) is 61.5 Å². The highest BCUT2D eigenvalue weighted by Crippen LogP contribution is 2.31. The van der Waals surface area contributed by atoms with Gasteiger partial charge in [-0.3, -0.25) is 29.0 Å². The number of carbonyl (C=O) groups excluding carboxylic acids is 4. The van der Waals surface area contributed by atoms with E-state index >= 15 is 0 Å². The predicted octanol–water partition coefficient (Wildman–Crippen LogP) is 3.45. The molecule has 0 saturated carbocycles. The molecule has 6 rings (SSSR count). The highest BCUT2D eigenvalue weighted by atomic mass is 16.2. The Balaban J connectivity index is 0.937. The van der Waals surface area contributed by atoms with Gasteiger partial charge in [-0.25, -0.2) is 0 Å². The van der Waals surface area contributed by atoms with Crippen molar-refractivity contribution in [3.63, 3.8) is 0 Å². The average molecular weight is 521 g/mol. The molecular weight excluding hydrogens is 492 g/mol. The molecule has 2 heterocycles. The summed E-state index contributed by atoms with van der Waals surface area (Å²) in [6.45, 7) is 2.99. The van der Waals surface area contributed by atoms with Crippen molar-refractivity contribution < 1.29 is 19.2 Å². The monoisotopic (exact) mass is 520 g/mol. The highest BCUT2D eigenvalue weighted by Gasteiger charge is 2.33. The molecule has 0 spiro atoms. The van der Waals surface area contributed by atoms with E-state index in [-0.39, 0.29) is 23.6 Å². The second-order valence-corrected chi connectivity index (χ2v) is 9.80. The SMILES string of the molecule is O=C1c2cccc3cccc(c23)C(=O)N1CCNCCCNCCN1C(=O)c2cccc3cccc(c23)C1=O. The predicted molar refractivity (Wildman–Crippen MR) is 149 cm³/mol. The first kappa shape index (κ1) is 24.9. The zero-order chi connectivity index (χ0) is 26.9. The van der Waals surface area contributed by atoms with Crippen LogP contribution >= 0.6 is 0 Å². The maximum Gasteiger partial charge on any atom is 0.261 e. The number of benzene rings is 4. The third kappa shape index (κ3) is 4.37. The van der Waals surface area contributed by atoms with Crippen molar-refractivity contribution in [2.24, 2.45) is 0 Å². The van der Waals surface area contributed by atoms with Gasteiger partial charge in [-0.15, -0.1) is 0 Å². The van der Waals surface area contributed by atoms with Gasteiger partial charge < -0.3 is 10.6 Å². The molecule has 2 aliphatic rings. The van der Waals surface area contributed by atoms with Gasteiger partial charge in [0, 0.05) is 59.2 Å². The third-order valence-corrected chi connectivity index (χ3v) is 7.44. The van der Waals surface area contributed by atoms with Crippen LogP contribution in [0.2, 0.25) is 0 Å². The average Bonchev–Trinajstić information content (AvgIpc) is 2.96. The zero-order valence-electron chi connectivity index (χ0n) is 21.4. The second-order valence-electron chi connectivity index (χ2n) is 9.80. The van der Waals surface area contributed by atoms with Crippen LogP contribution in [0, 0.1) is 0 Å². The van der Waals surface area contributed by atoms with Gasteiger partial charge in [0.05, 0.1) is 0 Å². The van der Waals surface area contributed by atoms with Crippen LogP contribution in [0.4, 0.5) is 0 Å². The fourth-order valence-electron chi connectivity index (χ4n) is 5.54. The quantitative estimate of drug-likeness (QED) is 0.246. The Morgan fingerprint density at radius 2 is 0.795 bits per heavy atom. The zero-order valence-corrected chi connectivity index (χ0v) is 21.4. The molecule has 4 aromatic rings. The summed E-state index contributed by atoms with van der Waals surface area (Å²) in [7, 11) is 0. The van der Waals surface area contributed by atoms with E-state index in [1.807, 2.05) is 48.5 Å². The number of hydrogen-bond acceptors (Lipinski definition) is 6. The van der Waals surface area contributed by atoms with E-state index < -0.39 is 0 Å². The van der Waals surface area contributed by atoms with Gasteiger partial charge in [0.1, 0.15) is 0 Å². The second kappa shape index (κ2) is 10.4. The summed E-state index contributed by atoms with van der Waals surface area (Å²) in [5.74, 6) is -1.02. The van der Waals surface area contributed by atoms with Crippen LogP contribution < -0.4 is 10.6 Å². The van der Waals surface area contributed by atoms with Crippen LogP contribution in [0.5, 0.6) is 0 Å². The van der Waals surface area contributed by atoms with E-state index in [1.165, 1.54) is 9.80 Å². The molecule has 4 amide bonds. The Labute approximate surface area is 225 Å². The fourth-order valence-corrected chi connectivity index (χ4v) is 5.54. The number of nitrogens with zero attached hydrogens (tertiary/aromatic N) is 2. The van der Waals surface area contributed by atoms with Gasteiger partial charge in [0.15, 0.2) is 0 Å². The molecule has 0 aromatic heterocycles.